The minimum Gasteiger partial charge on any atom is -0.488 e. The molecule has 1 amide bonds. The fraction of sp³-hybridized carbons (Fsp3) is 0.179. The molecule has 0 aromatic heterocycles. The Morgan fingerprint density at radius 1 is 1.06 bits per heavy atom. The molecule has 0 bridgehead atoms. The van der Waals surface area contributed by atoms with Crippen molar-refractivity contribution in [3.05, 3.63) is 106 Å². The van der Waals surface area contributed by atoms with Gasteiger partial charge in [0.1, 0.15) is 12.4 Å². The summed E-state index contributed by atoms with van der Waals surface area (Å²) >= 11 is 6.01. The average molecular weight is 461 g/mol. The predicted molar refractivity (Wildman–Crippen MR) is 139 cm³/mol. The fourth-order valence-corrected chi connectivity index (χ4v) is 3.42. The maximum absolute atomic E-state index is 12.5. The Morgan fingerprint density at radius 3 is 2.48 bits per heavy atom. The number of anilines is 2. The zero-order valence-electron chi connectivity index (χ0n) is 19.2. The molecule has 0 aliphatic heterocycles. The highest BCUT2D eigenvalue weighted by atomic mass is 35.5. The van der Waals surface area contributed by atoms with E-state index in [1.54, 1.807) is 18.2 Å². The third kappa shape index (κ3) is 6.99. The molecule has 0 aliphatic rings. The smallest absolute Gasteiger partial charge is 0.248 e. The standard InChI is InChI=1S/C28H29ClN2O2/c1-19(2)8-16-24-20(3)9-12-22(28(24)33-18-21-10-14-23(29)15-11-21)13-17-27(32)31-26-7-5-4-6-25(26)30/h4-15,17H,16,18,30H2,1-3H3,(H,31,32)/b17-13+. The van der Waals surface area contributed by atoms with Crippen molar-refractivity contribution in [1.82, 2.24) is 0 Å². The highest BCUT2D eigenvalue weighted by Gasteiger charge is 2.12. The van der Waals surface area contributed by atoms with Gasteiger partial charge in [0, 0.05) is 22.2 Å². The number of rotatable bonds is 8. The lowest BCUT2D eigenvalue weighted by atomic mass is 9.99. The Bertz CT molecular complexity index is 1180. The lowest BCUT2D eigenvalue weighted by Crippen LogP contribution is -2.09. The molecule has 0 unspecified atom stereocenters. The molecule has 0 saturated carbocycles. The Kier molecular flexibility index (Phi) is 8.34. The second-order valence-electron chi connectivity index (χ2n) is 8.09. The van der Waals surface area contributed by atoms with E-state index >= 15 is 0 Å². The van der Waals surface area contributed by atoms with Gasteiger partial charge in [0.2, 0.25) is 5.91 Å². The Balaban J connectivity index is 1.88. The number of hydrogen-bond acceptors (Lipinski definition) is 3. The Morgan fingerprint density at radius 2 is 1.79 bits per heavy atom. The van der Waals surface area contributed by atoms with Crippen molar-refractivity contribution in [3.63, 3.8) is 0 Å². The topological polar surface area (TPSA) is 64.4 Å². The van der Waals surface area contributed by atoms with Crippen molar-refractivity contribution >= 4 is 35.0 Å². The summed E-state index contributed by atoms with van der Waals surface area (Å²) in [5.74, 6) is 0.508. The van der Waals surface area contributed by atoms with Crippen molar-refractivity contribution in [2.45, 2.75) is 33.8 Å². The summed E-state index contributed by atoms with van der Waals surface area (Å²) in [7, 11) is 0. The minimum atomic E-state index is -0.261. The normalized spacial score (nSPS) is 10.8. The van der Waals surface area contributed by atoms with Crippen LogP contribution in [0.2, 0.25) is 5.02 Å². The van der Waals surface area contributed by atoms with Gasteiger partial charge in [-0.15, -0.1) is 0 Å². The third-order valence-electron chi connectivity index (χ3n) is 5.17. The summed E-state index contributed by atoms with van der Waals surface area (Å²) in [5, 5.41) is 3.50. The number of halogens is 1. The van der Waals surface area contributed by atoms with Gasteiger partial charge in [-0.25, -0.2) is 0 Å². The van der Waals surface area contributed by atoms with E-state index < -0.39 is 0 Å². The minimum absolute atomic E-state index is 0.261. The Hall–Kier alpha value is -3.50. The summed E-state index contributed by atoms with van der Waals surface area (Å²) < 4.78 is 6.30. The molecular weight excluding hydrogens is 432 g/mol. The van der Waals surface area contributed by atoms with Crippen molar-refractivity contribution in [1.29, 1.82) is 0 Å². The maximum Gasteiger partial charge on any atom is 0.248 e. The number of carbonyl (C=O) groups excluding carboxylic acids is 1. The van der Waals surface area contributed by atoms with E-state index in [9.17, 15) is 4.79 Å². The molecule has 33 heavy (non-hydrogen) atoms. The summed E-state index contributed by atoms with van der Waals surface area (Å²) in [5.41, 5.74) is 12.3. The van der Waals surface area contributed by atoms with E-state index in [0.717, 1.165) is 34.4 Å². The first-order valence-electron chi connectivity index (χ1n) is 10.8. The molecule has 3 rings (SSSR count). The number of amides is 1. The van der Waals surface area contributed by atoms with Gasteiger partial charge in [-0.05, 0) is 68.7 Å². The van der Waals surface area contributed by atoms with Crippen LogP contribution in [0, 0.1) is 6.92 Å². The highest BCUT2D eigenvalue weighted by molar-refractivity contribution is 6.30. The number of para-hydroxylation sites is 2. The molecule has 0 spiro atoms. The van der Waals surface area contributed by atoms with Crippen LogP contribution in [0.3, 0.4) is 0 Å². The molecule has 0 heterocycles. The highest BCUT2D eigenvalue weighted by Crippen LogP contribution is 2.31. The van der Waals surface area contributed by atoms with Gasteiger partial charge < -0.3 is 15.8 Å². The van der Waals surface area contributed by atoms with Crippen LogP contribution in [0.25, 0.3) is 6.08 Å². The van der Waals surface area contributed by atoms with Crippen molar-refractivity contribution in [3.8, 4) is 5.75 Å². The number of nitrogen functional groups attached to an aromatic ring is 1. The number of ether oxygens (including phenoxy) is 1. The van der Waals surface area contributed by atoms with E-state index in [0.29, 0.717) is 23.0 Å². The summed E-state index contributed by atoms with van der Waals surface area (Å²) in [6, 6.07) is 18.8. The summed E-state index contributed by atoms with van der Waals surface area (Å²) in [4.78, 5) is 12.5. The molecule has 0 atom stereocenters. The molecule has 0 radical (unpaired) electrons. The molecular formula is C28H29ClN2O2. The van der Waals surface area contributed by atoms with Crippen molar-refractivity contribution in [2.24, 2.45) is 0 Å². The van der Waals surface area contributed by atoms with E-state index in [2.05, 4.69) is 38.2 Å². The molecule has 3 aromatic rings. The van der Waals surface area contributed by atoms with Gasteiger partial charge >= 0.3 is 0 Å². The van der Waals surface area contributed by atoms with Crippen molar-refractivity contribution in [2.75, 3.05) is 11.1 Å². The third-order valence-corrected chi connectivity index (χ3v) is 5.42. The number of carbonyl (C=O) groups is 1. The second-order valence-corrected chi connectivity index (χ2v) is 8.53. The van der Waals surface area contributed by atoms with Crippen LogP contribution in [-0.2, 0) is 17.8 Å². The van der Waals surface area contributed by atoms with Gasteiger partial charge in [-0.2, -0.15) is 0 Å². The van der Waals surface area contributed by atoms with Gasteiger partial charge in [-0.1, -0.05) is 59.6 Å². The van der Waals surface area contributed by atoms with Crippen molar-refractivity contribution < 1.29 is 9.53 Å². The quantitative estimate of drug-likeness (QED) is 0.217. The lowest BCUT2D eigenvalue weighted by Gasteiger charge is -2.16. The van der Waals surface area contributed by atoms with E-state index in [1.807, 2.05) is 42.5 Å². The van der Waals surface area contributed by atoms with Gasteiger partial charge in [0.25, 0.3) is 0 Å². The zero-order chi connectivity index (χ0) is 23.8. The molecule has 0 aliphatic carbocycles. The Labute approximate surface area is 200 Å². The lowest BCUT2D eigenvalue weighted by molar-refractivity contribution is -0.111. The number of aryl methyl sites for hydroxylation is 1. The maximum atomic E-state index is 12.5. The van der Waals surface area contributed by atoms with Crippen LogP contribution in [0.5, 0.6) is 5.75 Å². The van der Waals surface area contributed by atoms with Crippen LogP contribution < -0.4 is 15.8 Å². The number of benzene rings is 3. The summed E-state index contributed by atoms with van der Waals surface area (Å²) in [6.45, 7) is 6.62. The van der Waals surface area contributed by atoms with Gasteiger partial charge in [-0.3, -0.25) is 4.79 Å². The first-order valence-corrected chi connectivity index (χ1v) is 11.2. The molecule has 5 heteroatoms. The predicted octanol–water partition coefficient (Wildman–Crippen LogP) is 6.97. The monoisotopic (exact) mass is 460 g/mol. The van der Waals surface area contributed by atoms with E-state index in [4.69, 9.17) is 22.1 Å². The van der Waals surface area contributed by atoms with Gasteiger partial charge in [0.15, 0.2) is 0 Å². The van der Waals surface area contributed by atoms with Crippen LogP contribution in [-0.4, -0.2) is 5.91 Å². The molecule has 3 N–H and O–H groups in total. The molecule has 4 nitrogen and oxygen atoms in total. The van der Waals surface area contributed by atoms with E-state index in [1.165, 1.54) is 11.6 Å². The zero-order valence-corrected chi connectivity index (χ0v) is 19.9. The van der Waals surface area contributed by atoms with Crippen LogP contribution >= 0.6 is 11.6 Å². The van der Waals surface area contributed by atoms with Crippen LogP contribution in [0.1, 0.15) is 36.1 Å². The largest absolute Gasteiger partial charge is 0.488 e. The number of nitrogens with two attached hydrogens (primary N) is 1. The summed E-state index contributed by atoms with van der Waals surface area (Å²) in [6.07, 6.45) is 6.20. The fourth-order valence-electron chi connectivity index (χ4n) is 3.29. The second kappa shape index (κ2) is 11.4. The molecule has 170 valence electrons. The van der Waals surface area contributed by atoms with Gasteiger partial charge in [0.05, 0.1) is 11.4 Å². The first-order chi connectivity index (χ1) is 15.8. The molecule has 3 aromatic carbocycles. The van der Waals surface area contributed by atoms with Crippen LogP contribution in [0.4, 0.5) is 11.4 Å². The first kappa shape index (κ1) is 24.1. The number of allylic oxidation sites excluding steroid dienone is 2. The SMILES string of the molecule is CC(C)=CCc1c(C)ccc(/C=C/C(=O)Nc2ccccc2N)c1OCc1ccc(Cl)cc1. The van der Waals surface area contributed by atoms with E-state index in [-0.39, 0.29) is 5.91 Å². The van der Waals surface area contributed by atoms with Crippen LogP contribution in [0.15, 0.2) is 78.4 Å². The molecule has 0 fully saturated rings. The molecule has 0 saturated heterocycles. The average Bonchev–Trinajstić information content (AvgIpc) is 2.78. The number of nitrogens with one attached hydrogen (secondary N) is 1. The number of hydrogen-bond donors (Lipinski definition) is 2.